The average molecular weight is 281 g/mol. The number of hydrogen-bond acceptors (Lipinski definition) is 7. The molecule has 0 aromatic carbocycles. The first kappa shape index (κ1) is 20.3. The molecule has 0 aliphatic rings. The zero-order chi connectivity index (χ0) is 15.6. The smallest absolute Gasteiger partial charge is 0.320 e. The van der Waals surface area contributed by atoms with Gasteiger partial charge in [0.25, 0.3) is 0 Å². The maximum Gasteiger partial charge on any atom is 0.320 e. The molecule has 7 N–H and O–H groups in total. The molecule has 0 aromatic heterocycles. The highest BCUT2D eigenvalue weighted by atomic mass is 16.4. The zero-order valence-corrected chi connectivity index (χ0v) is 11.0. The largest absolute Gasteiger partial charge is 0.480 e. The van der Waals surface area contributed by atoms with Gasteiger partial charge in [-0.15, -0.1) is 0 Å². The number of nitrogens with two attached hydrogens (primary N) is 1. The molecular weight excluding hydrogens is 258 g/mol. The van der Waals surface area contributed by atoms with E-state index in [4.69, 9.17) is 31.3 Å². The first-order valence-electron chi connectivity index (χ1n) is 5.81. The van der Waals surface area contributed by atoms with Crippen LogP contribution >= 0.6 is 0 Å². The lowest BCUT2D eigenvalue weighted by Crippen LogP contribution is -2.40. The Hall–Kier alpha value is -1.06. The number of rotatable bonds is 7. The fraction of sp³-hybridized carbons (Fsp3) is 0.818. The SMILES string of the molecule is CCC(C)C(N)C(=O)O.O=C[C@H](O)[C@H](O)[C@H](O)CO. The normalized spacial score (nSPS) is 18.3. The number of aliphatic hydroxyl groups is 4. The van der Waals surface area contributed by atoms with E-state index in [0.29, 0.717) is 0 Å². The van der Waals surface area contributed by atoms with E-state index in [1.807, 2.05) is 13.8 Å². The van der Waals surface area contributed by atoms with E-state index >= 15 is 0 Å². The summed E-state index contributed by atoms with van der Waals surface area (Å²) in [5, 5.41) is 42.4. The molecule has 0 aromatic rings. The molecule has 0 saturated heterocycles. The van der Waals surface area contributed by atoms with E-state index in [1.165, 1.54) is 0 Å². The van der Waals surface area contributed by atoms with Crippen LogP contribution in [0, 0.1) is 5.92 Å². The Bertz CT molecular complexity index is 261. The number of carboxylic acids is 1. The molecule has 0 aliphatic heterocycles. The van der Waals surface area contributed by atoms with Crippen LogP contribution in [0.15, 0.2) is 0 Å². The molecule has 0 fully saturated rings. The quantitative estimate of drug-likeness (QED) is 0.284. The van der Waals surface area contributed by atoms with Crippen LogP contribution in [0.5, 0.6) is 0 Å². The summed E-state index contributed by atoms with van der Waals surface area (Å²) >= 11 is 0. The summed E-state index contributed by atoms with van der Waals surface area (Å²) in [5.41, 5.74) is 5.27. The van der Waals surface area contributed by atoms with Crippen molar-refractivity contribution in [2.24, 2.45) is 11.7 Å². The Morgan fingerprint density at radius 1 is 1.32 bits per heavy atom. The van der Waals surface area contributed by atoms with E-state index < -0.39 is 36.9 Å². The number of carbonyl (C=O) groups is 2. The van der Waals surface area contributed by atoms with Gasteiger partial charge in [0.2, 0.25) is 0 Å². The number of carbonyl (C=O) groups excluding carboxylic acids is 1. The predicted octanol–water partition coefficient (Wildman–Crippen LogP) is -2.30. The molecular formula is C11H23NO7. The molecule has 8 heteroatoms. The van der Waals surface area contributed by atoms with Crippen LogP contribution in [0.1, 0.15) is 20.3 Å². The predicted molar refractivity (Wildman–Crippen MR) is 66.2 cm³/mol. The third-order valence-electron chi connectivity index (χ3n) is 2.61. The van der Waals surface area contributed by atoms with E-state index in [-0.39, 0.29) is 12.2 Å². The van der Waals surface area contributed by atoms with Crippen LogP contribution in [-0.4, -0.2) is 68.7 Å². The van der Waals surface area contributed by atoms with Gasteiger partial charge in [-0.1, -0.05) is 20.3 Å². The molecule has 8 nitrogen and oxygen atoms in total. The zero-order valence-electron chi connectivity index (χ0n) is 11.0. The van der Waals surface area contributed by atoms with Crippen molar-refractivity contribution in [2.75, 3.05) is 6.61 Å². The Morgan fingerprint density at radius 3 is 2.00 bits per heavy atom. The van der Waals surface area contributed by atoms with Gasteiger partial charge in [0.1, 0.15) is 24.4 Å². The summed E-state index contributed by atoms with van der Waals surface area (Å²) in [6.07, 6.45) is -3.82. The molecule has 19 heavy (non-hydrogen) atoms. The summed E-state index contributed by atoms with van der Waals surface area (Å²) < 4.78 is 0. The molecule has 0 radical (unpaired) electrons. The van der Waals surface area contributed by atoms with Gasteiger partial charge in [-0.05, 0) is 5.92 Å². The van der Waals surface area contributed by atoms with Crippen LogP contribution in [0.3, 0.4) is 0 Å². The molecule has 5 atom stereocenters. The molecule has 0 rings (SSSR count). The molecule has 114 valence electrons. The van der Waals surface area contributed by atoms with Gasteiger partial charge >= 0.3 is 5.97 Å². The molecule has 0 saturated carbocycles. The number of carboxylic acid groups (broad SMARTS) is 1. The van der Waals surface area contributed by atoms with Crippen molar-refractivity contribution < 1.29 is 35.1 Å². The standard InChI is InChI=1S/C6H13NO2.C5H10O5/c1-3-4(2)5(7)6(8)9;6-1-3(8)5(10)4(9)2-7/h4-5H,3,7H2,1-2H3,(H,8,9);1,3-5,7-10H,2H2/t;3-,4+,5-/m.0/s1. The van der Waals surface area contributed by atoms with Crippen molar-refractivity contribution in [1.82, 2.24) is 0 Å². The first-order valence-corrected chi connectivity index (χ1v) is 5.81. The van der Waals surface area contributed by atoms with Gasteiger partial charge in [-0.2, -0.15) is 0 Å². The summed E-state index contributed by atoms with van der Waals surface area (Å²) in [6, 6.07) is -0.699. The van der Waals surface area contributed by atoms with Gasteiger partial charge in [0.05, 0.1) is 6.61 Å². The van der Waals surface area contributed by atoms with E-state index in [9.17, 15) is 9.59 Å². The van der Waals surface area contributed by atoms with Crippen molar-refractivity contribution in [2.45, 2.75) is 44.6 Å². The summed E-state index contributed by atoms with van der Waals surface area (Å²) in [7, 11) is 0. The second-order valence-electron chi connectivity index (χ2n) is 4.12. The lowest BCUT2D eigenvalue weighted by atomic mass is 10.0. The van der Waals surface area contributed by atoms with Crippen LogP contribution in [0.25, 0.3) is 0 Å². The van der Waals surface area contributed by atoms with Crippen LogP contribution in [0.4, 0.5) is 0 Å². The lowest BCUT2D eigenvalue weighted by molar-refractivity contribution is -0.139. The van der Waals surface area contributed by atoms with Crippen LogP contribution in [0.2, 0.25) is 0 Å². The van der Waals surface area contributed by atoms with Crippen LogP contribution in [-0.2, 0) is 9.59 Å². The van der Waals surface area contributed by atoms with E-state index in [1.54, 1.807) is 0 Å². The molecule has 0 bridgehead atoms. The number of aliphatic carboxylic acids is 1. The Morgan fingerprint density at radius 2 is 1.79 bits per heavy atom. The maximum absolute atomic E-state index is 10.2. The van der Waals surface area contributed by atoms with Gasteiger partial charge < -0.3 is 36.1 Å². The van der Waals surface area contributed by atoms with Gasteiger partial charge in [0, 0.05) is 0 Å². The third kappa shape index (κ3) is 8.62. The number of aliphatic hydroxyl groups excluding tert-OH is 4. The van der Waals surface area contributed by atoms with Crippen molar-refractivity contribution in [1.29, 1.82) is 0 Å². The summed E-state index contributed by atoms with van der Waals surface area (Å²) in [4.78, 5) is 19.9. The minimum atomic E-state index is -1.64. The molecule has 0 aliphatic carbocycles. The van der Waals surface area contributed by atoms with E-state index in [2.05, 4.69) is 0 Å². The van der Waals surface area contributed by atoms with Gasteiger partial charge in [0.15, 0.2) is 6.29 Å². The second kappa shape index (κ2) is 10.8. The topological polar surface area (TPSA) is 161 Å². The van der Waals surface area contributed by atoms with Crippen molar-refractivity contribution in [3.05, 3.63) is 0 Å². The van der Waals surface area contributed by atoms with E-state index in [0.717, 1.165) is 6.42 Å². The Labute approximate surface area is 111 Å². The fourth-order valence-electron chi connectivity index (χ4n) is 0.913. The summed E-state index contributed by atoms with van der Waals surface area (Å²) in [6.45, 7) is 3.07. The maximum atomic E-state index is 10.2. The summed E-state index contributed by atoms with van der Waals surface area (Å²) in [5.74, 6) is -0.841. The highest BCUT2D eigenvalue weighted by Gasteiger charge is 2.22. The fourth-order valence-corrected chi connectivity index (χ4v) is 0.913. The first-order chi connectivity index (χ1) is 8.72. The monoisotopic (exact) mass is 281 g/mol. The molecule has 0 spiro atoms. The van der Waals surface area contributed by atoms with Crippen molar-refractivity contribution in [3.8, 4) is 0 Å². The minimum absolute atomic E-state index is 0.0718. The molecule has 2 unspecified atom stereocenters. The average Bonchev–Trinajstić information content (AvgIpc) is 2.43. The number of hydrogen-bond donors (Lipinski definition) is 6. The highest BCUT2D eigenvalue weighted by molar-refractivity contribution is 5.73. The van der Waals surface area contributed by atoms with Gasteiger partial charge in [-0.25, -0.2) is 0 Å². The van der Waals surface area contributed by atoms with Gasteiger partial charge in [-0.3, -0.25) is 4.79 Å². The number of aldehydes is 1. The minimum Gasteiger partial charge on any atom is -0.480 e. The Kier molecular flexibility index (Phi) is 11.5. The Balaban J connectivity index is 0. The van der Waals surface area contributed by atoms with Crippen molar-refractivity contribution >= 4 is 12.3 Å². The van der Waals surface area contributed by atoms with Crippen LogP contribution < -0.4 is 5.73 Å². The molecule has 0 heterocycles. The highest BCUT2D eigenvalue weighted by Crippen LogP contribution is 2.04. The lowest BCUT2D eigenvalue weighted by Gasteiger charge is -2.16. The van der Waals surface area contributed by atoms with Crippen molar-refractivity contribution in [3.63, 3.8) is 0 Å². The second-order valence-corrected chi connectivity index (χ2v) is 4.12. The third-order valence-corrected chi connectivity index (χ3v) is 2.61. The molecule has 0 amide bonds.